The molecule has 0 aliphatic rings. The fraction of sp³-hybridized carbons (Fsp3) is 0. The number of fused-ring (bicyclic) bond motifs is 5. The highest BCUT2D eigenvalue weighted by molar-refractivity contribution is 6.07. The molecule has 0 aliphatic heterocycles. The van der Waals surface area contributed by atoms with Crippen molar-refractivity contribution in [2.45, 2.75) is 0 Å². The maximum atomic E-state index is 6.44. The minimum atomic E-state index is 0.831. The first-order chi connectivity index (χ1) is 22.3. The summed E-state index contributed by atoms with van der Waals surface area (Å²) in [7, 11) is 0. The van der Waals surface area contributed by atoms with Crippen LogP contribution in [-0.2, 0) is 0 Å². The molecule has 0 N–H and O–H groups in total. The summed E-state index contributed by atoms with van der Waals surface area (Å²) < 4.78 is 6.44. The Bertz CT molecular complexity index is 2550. The van der Waals surface area contributed by atoms with Gasteiger partial charge in [0, 0.05) is 21.9 Å². The smallest absolute Gasteiger partial charge is 0.136 e. The number of aromatic nitrogens is 2. The summed E-state index contributed by atoms with van der Waals surface area (Å²) in [5, 5.41) is 4.55. The van der Waals surface area contributed by atoms with Crippen molar-refractivity contribution in [3.8, 4) is 44.8 Å². The van der Waals surface area contributed by atoms with Crippen molar-refractivity contribution >= 4 is 43.7 Å². The van der Waals surface area contributed by atoms with Gasteiger partial charge < -0.3 is 4.42 Å². The lowest BCUT2D eigenvalue weighted by molar-refractivity contribution is 0.669. The van der Waals surface area contributed by atoms with E-state index in [0.717, 1.165) is 61.1 Å². The van der Waals surface area contributed by atoms with E-state index in [4.69, 9.17) is 14.4 Å². The summed E-state index contributed by atoms with van der Waals surface area (Å²) in [5.41, 5.74) is 11.9. The first kappa shape index (κ1) is 25.4. The van der Waals surface area contributed by atoms with Crippen LogP contribution in [0.25, 0.3) is 88.5 Å². The molecule has 45 heavy (non-hydrogen) atoms. The van der Waals surface area contributed by atoms with E-state index in [9.17, 15) is 0 Å². The molecule has 2 heterocycles. The van der Waals surface area contributed by atoms with Gasteiger partial charge in [0.15, 0.2) is 0 Å². The van der Waals surface area contributed by atoms with Gasteiger partial charge in [0.1, 0.15) is 11.2 Å². The van der Waals surface area contributed by atoms with Crippen molar-refractivity contribution in [1.82, 2.24) is 9.97 Å². The summed E-state index contributed by atoms with van der Waals surface area (Å²) in [6, 6.07) is 55.0. The van der Waals surface area contributed by atoms with Gasteiger partial charge in [0.2, 0.25) is 0 Å². The molecular weight excluding hydrogens is 548 g/mol. The van der Waals surface area contributed by atoms with Crippen LogP contribution in [0.3, 0.4) is 0 Å². The van der Waals surface area contributed by atoms with Crippen molar-refractivity contribution in [2.24, 2.45) is 0 Å². The van der Waals surface area contributed by atoms with Gasteiger partial charge >= 0.3 is 0 Å². The quantitative estimate of drug-likeness (QED) is 0.210. The maximum absolute atomic E-state index is 6.44. The van der Waals surface area contributed by atoms with Gasteiger partial charge in [0.25, 0.3) is 0 Å². The summed E-state index contributed by atoms with van der Waals surface area (Å²) >= 11 is 0. The second-order valence-electron chi connectivity index (χ2n) is 11.4. The van der Waals surface area contributed by atoms with E-state index in [1.165, 1.54) is 27.5 Å². The maximum Gasteiger partial charge on any atom is 0.136 e. The van der Waals surface area contributed by atoms with Gasteiger partial charge in [-0.05, 0) is 81.6 Å². The average Bonchev–Trinajstić information content (AvgIpc) is 3.48. The van der Waals surface area contributed by atoms with Crippen molar-refractivity contribution in [2.75, 3.05) is 0 Å². The van der Waals surface area contributed by atoms with Crippen LogP contribution in [-0.4, -0.2) is 9.97 Å². The average molecular weight is 575 g/mol. The molecule has 0 aliphatic carbocycles. The van der Waals surface area contributed by atoms with Crippen molar-refractivity contribution < 1.29 is 4.42 Å². The molecule has 0 fully saturated rings. The Labute approximate surface area is 260 Å². The third kappa shape index (κ3) is 4.45. The Morgan fingerprint density at radius 2 is 0.933 bits per heavy atom. The van der Waals surface area contributed by atoms with E-state index in [0.29, 0.717) is 0 Å². The van der Waals surface area contributed by atoms with E-state index < -0.39 is 0 Å². The zero-order chi connectivity index (χ0) is 29.7. The Morgan fingerprint density at radius 3 is 1.73 bits per heavy atom. The third-order valence-corrected chi connectivity index (χ3v) is 8.64. The monoisotopic (exact) mass is 574 g/mol. The SMILES string of the molecule is c1ccc(-c2cccc(-c3ccc4oc5cc(-c6nc7ccccc7nc6-c6ccc7ccccc7c6)ccc5c4c3)c2)cc1. The van der Waals surface area contributed by atoms with Gasteiger partial charge in [-0.2, -0.15) is 0 Å². The number of hydrogen-bond donors (Lipinski definition) is 0. The van der Waals surface area contributed by atoms with E-state index in [-0.39, 0.29) is 0 Å². The molecular formula is C42H26N2O. The highest BCUT2D eigenvalue weighted by Gasteiger charge is 2.16. The molecule has 0 atom stereocenters. The zero-order valence-electron chi connectivity index (χ0n) is 24.3. The van der Waals surface area contributed by atoms with Crippen LogP contribution in [0.1, 0.15) is 0 Å². The molecule has 0 saturated carbocycles. The molecule has 2 aromatic heterocycles. The molecule has 7 aromatic carbocycles. The molecule has 0 saturated heterocycles. The second kappa shape index (κ2) is 10.3. The summed E-state index contributed by atoms with van der Waals surface area (Å²) in [6.45, 7) is 0. The Kier molecular flexibility index (Phi) is 5.82. The Hall–Kier alpha value is -6.06. The molecule has 3 heteroatoms. The first-order valence-corrected chi connectivity index (χ1v) is 15.2. The first-order valence-electron chi connectivity index (χ1n) is 15.2. The van der Waals surface area contributed by atoms with Gasteiger partial charge in [-0.1, -0.05) is 109 Å². The standard InChI is InChI=1S/C42H26N2O/c1-2-9-27(10-3-1)30-13-8-14-31(23-30)32-20-22-39-36(25-32)35-21-19-34(26-40(35)45-39)42-41(43-37-15-6-7-16-38(37)44-42)33-18-17-28-11-4-5-12-29(28)24-33/h1-26H. The van der Waals surface area contributed by atoms with Gasteiger partial charge in [0.05, 0.1) is 22.4 Å². The molecule has 0 bridgehead atoms. The second-order valence-corrected chi connectivity index (χ2v) is 11.4. The highest BCUT2D eigenvalue weighted by atomic mass is 16.3. The van der Waals surface area contributed by atoms with E-state index in [2.05, 4.69) is 127 Å². The molecule has 0 unspecified atom stereocenters. The largest absolute Gasteiger partial charge is 0.456 e. The molecule has 0 spiro atoms. The summed E-state index contributed by atoms with van der Waals surface area (Å²) in [4.78, 5) is 10.3. The summed E-state index contributed by atoms with van der Waals surface area (Å²) in [6.07, 6.45) is 0. The van der Waals surface area contributed by atoms with Crippen LogP contribution >= 0.6 is 0 Å². The number of benzene rings is 7. The number of para-hydroxylation sites is 2. The van der Waals surface area contributed by atoms with Crippen LogP contribution in [0.2, 0.25) is 0 Å². The lowest BCUT2D eigenvalue weighted by Gasteiger charge is -2.11. The number of hydrogen-bond acceptors (Lipinski definition) is 3. The summed E-state index contributed by atoms with van der Waals surface area (Å²) in [5.74, 6) is 0. The van der Waals surface area contributed by atoms with Gasteiger partial charge in [-0.3, -0.25) is 0 Å². The minimum absolute atomic E-state index is 0.831. The molecule has 3 nitrogen and oxygen atoms in total. The molecule has 0 amide bonds. The highest BCUT2D eigenvalue weighted by Crippen LogP contribution is 2.38. The van der Waals surface area contributed by atoms with Crippen molar-refractivity contribution in [1.29, 1.82) is 0 Å². The van der Waals surface area contributed by atoms with Crippen LogP contribution in [0.15, 0.2) is 162 Å². The van der Waals surface area contributed by atoms with Crippen molar-refractivity contribution in [3.63, 3.8) is 0 Å². The number of rotatable bonds is 4. The molecule has 0 radical (unpaired) electrons. The Morgan fingerprint density at radius 1 is 0.333 bits per heavy atom. The Balaban J connectivity index is 1.17. The topological polar surface area (TPSA) is 38.9 Å². The fourth-order valence-corrected chi connectivity index (χ4v) is 6.35. The van der Waals surface area contributed by atoms with E-state index >= 15 is 0 Å². The van der Waals surface area contributed by atoms with E-state index in [1.807, 2.05) is 30.3 Å². The molecule has 9 rings (SSSR count). The normalized spacial score (nSPS) is 11.6. The minimum Gasteiger partial charge on any atom is -0.456 e. The van der Waals surface area contributed by atoms with Crippen LogP contribution < -0.4 is 0 Å². The van der Waals surface area contributed by atoms with Crippen LogP contribution in [0, 0.1) is 0 Å². The predicted octanol–water partition coefficient (Wildman–Crippen LogP) is 11.4. The zero-order valence-corrected chi connectivity index (χ0v) is 24.3. The van der Waals surface area contributed by atoms with Gasteiger partial charge in [-0.15, -0.1) is 0 Å². The van der Waals surface area contributed by atoms with E-state index in [1.54, 1.807) is 0 Å². The van der Waals surface area contributed by atoms with Crippen molar-refractivity contribution in [3.05, 3.63) is 158 Å². The van der Waals surface area contributed by atoms with Crippen LogP contribution in [0.4, 0.5) is 0 Å². The third-order valence-electron chi connectivity index (χ3n) is 8.64. The fourth-order valence-electron chi connectivity index (χ4n) is 6.35. The molecule has 210 valence electrons. The number of furan rings is 1. The lowest BCUT2D eigenvalue weighted by Crippen LogP contribution is -1.95. The number of nitrogens with zero attached hydrogens (tertiary/aromatic N) is 2. The van der Waals surface area contributed by atoms with Gasteiger partial charge in [-0.25, -0.2) is 9.97 Å². The predicted molar refractivity (Wildman–Crippen MR) is 186 cm³/mol. The lowest BCUT2D eigenvalue weighted by atomic mass is 9.97. The molecule has 9 aromatic rings. The van der Waals surface area contributed by atoms with Crippen LogP contribution in [0.5, 0.6) is 0 Å².